The molecule has 0 saturated carbocycles. The molecule has 0 radical (unpaired) electrons. The van der Waals surface area contributed by atoms with E-state index in [1.807, 2.05) is 17.6 Å². The van der Waals surface area contributed by atoms with Gasteiger partial charge in [0.15, 0.2) is 18.2 Å². The van der Waals surface area contributed by atoms with Gasteiger partial charge in [0, 0.05) is 19.3 Å². The van der Waals surface area contributed by atoms with Gasteiger partial charge in [-0.05, 0) is 19.1 Å². The molecular weight excluding hydrogens is 246 g/mol. The van der Waals surface area contributed by atoms with Crippen LogP contribution >= 0.6 is 0 Å². The quantitative estimate of drug-likeness (QED) is 0.798. The second-order valence-corrected chi connectivity index (χ2v) is 4.23. The lowest BCUT2D eigenvalue weighted by Crippen LogP contribution is -2.41. The Morgan fingerprint density at radius 2 is 2.32 bits per heavy atom. The van der Waals surface area contributed by atoms with Crippen LogP contribution in [-0.2, 0) is 11.3 Å². The van der Waals surface area contributed by atoms with Crippen molar-refractivity contribution in [2.45, 2.75) is 13.5 Å². The molecule has 2 aromatic heterocycles. The molecule has 7 heteroatoms. The number of amides is 1. The Bertz CT molecular complexity index is 610. The fourth-order valence-corrected chi connectivity index (χ4v) is 2.00. The maximum Gasteiger partial charge on any atom is 0.266 e. The maximum absolute atomic E-state index is 11.9. The van der Waals surface area contributed by atoms with Crippen molar-refractivity contribution in [1.29, 1.82) is 0 Å². The average Bonchev–Trinajstić information content (AvgIpc) is 2.83. The van der Waals surface area contributed by atoms with Crippen LogP contribution in [0.15, 0.2) is 24.7 Å². The van der Waals surface area contributed by atoms with Crippen molar-refractivity contribution in [1.82, 2.24) is 19.7 Å². The molecule has 0 fully saturated rings. The van der Waals surface area contributed by atoms with E-state index < -0.39 is 0 Å². The summed E-state index contributed by atoms with van der Waals surface area (Å²) in [4.78, 5) is 17.8. The Morgan fingerprint density at radius 1 is 1.42 bits per heavy atom. The summed E-state index contributed by atoms with van der Waals surface area (Å²) in [5, 5.41) is 7.73. The van der Waals surface area contributed by atoms with E-state index in [-0.39, 0.29) is 12.5 Å². The van der Waals surface area contributed by atoms with Crippen LogP contribution in [0.3, 0.4) is 0 Å². The van der Waals surface area contributed by atoms with Gasteiger partial charge in [-0.2, -0.15) is 0 Å². The van der Waals surface area contributed by atoms with Crippen LogP contribution in [-0.4, -0.2) is 38.8 Å². The molecule has 19 heavy (non-hydrogen) atoms. The summed E-state index contributed by atoms with van der Waals surface area (Å²) in [5.41, 5.74) is 0. The molecule has 0 aromatic carbocycles. The first-order chi connectivity index (χ1) is 9.25. The number of fused-ring (bicyclic) bond motifs is 1. The molecule has 0 N–H and O–H groups in total. The minimum Gasteiger partial charge on any atom is -0.480 e. The summed E-state index contributed by atoms with van der Waals surface area (Å²) in [6.45, 7) is 3.08. The van der Waals surface area contributed by atoms with Crippen LogP contribution in [0.4, 0.5) is 5.82 Å². The lowest BCUT2D eigenvalue weighted by molar-refractivity contribution is -0.121. The first kappa shape index (κ1) is 11.6. The van der Waals surface area contributed by atoms with Gasteiger partial charge >= 0.3 is 0 Å². The van der Waals surface area contributed by atoms with E-state index >= 15 is 0 Å². The first-order valence-electron chi connectivity index (χ1n) is 5.98. The van der Waals surface area contributed by atoms with Gasteiger partial charge in [0.05, 0.1) is 0 Å². The summed E-state index contributed by atoms with van der Waals surface area (Å²) in [5.74, 6) is 1.95. The van der Waals surface area contributed by atoms with Crippen molar-refractivity contribution in [3.63, 3.8) is 0 Å². The highest BCUT2D eigenvalue weighted by Crippen LogP contribution is 2.28. The fourth-order valence-electron chi connectivity index (χ4n) is 2.00. The highest BCUT2D eigenvalue weighted by Gasteiger charge is 2.26. The van der Waals surface area contributed by atoms with Gasteiger partial charge in [0.25, 0.3) is 5.91 Å². The van der Waals surface area contributed by atoms with Crippen molar-refractivity contribution in [2.24, 2.45) is 0 Å². The third-order valence-corrected chi connectivity index (χ3v) is 3.03. The van der Waals surface area contributed by atoms with Crippen LogP contribution < -0.4 is 9.64 Å². The monoisotopic (exact) mass is 259 g/mol. The largest absolute Gasteiger partial charge is 0.480 e. The lowest BCUT2D eigenvalue weighted by Gasteiger charge is -2.28. The average molecular weight is 259 g/mol. The highest BCUT2D eigenvalue weighted by molar-refractivity contribution is 5.96. The van der Waals surface area contributed by atoms with E-state index in [2.05, 4.69) is 15.2 Å². The van der Waals surface area contributed by atoms with E-state index in [1.54, 1.807) is 23.5 Å². The summed E-state index contributed by atoms with van der Waals surface area (Å²) >= 11 is 0. The number of anilines is 1. The molecule has 0 saturated heterocycles. The van der Waals surface area contributed by atoms with Gasteiger partial charge in [0.2, 0.25) is 0 Å². The number of aryl methyl sites for hydroxylation is 1. The summed E-state index contributed by atoms with van der Waals surface area (Å²) in [6.07, 6.45) is 3.30. The number of carbonyl (C=O) groups excluding carboxylic acids is 1. The molecule has 0 spiro atoms. The molecule has 0 unspecified atom stereocenters. The van der Waals surface area contributed by atoms with Crippen molar-refractivity contribution >= 4 is 11.7 Å². The van der Waals surface area contributed by atoms with E-state index in [0.717, 1.165) is 5.82 Å². The molecule has 98 valence electrons. The number of hydrogen-bond acceptors (Lipinski definition) is 5. The molecule has 0 atom stereocenters. The van der Waals surface area contributed by atoms with Crippen molar-refractivity contribution in [3.05, 3.63) is 30.5 Å². The molecule has 3 heterocycles. The third kappa shape index (κ3) is 2.14. The number of aromatic nitrogens is 4. The number of nitrogens with zero attached hydrogens (tertiary/aromatic N) is 5. The Labute approximate surface area is 109 Å². The number of rotatable bonds is 3. The van der Waals surface area contributed by atoms with Crippen LogP contribution in [0.2, 0.25) is 0 Å². The standard InChI is InChI=1S/C12H13N5O2/c1-9-15-14-8-16(9)5-6-17-11(18)7-19-10-3-2-4-13-12(10)17/h2-4,8H,5-7H2,1H3. The molecule has 2 aromatic rings. The van der Waals surface area contributed by atoms with Gasteiger partial charge in [-0.15, -0.1) is 10.2 Å². The van der Waals surface area contributed by atoms with Gasteiger partial charge in [-0.25, -0.2) is 4.98 Å². The zero-order chi connectivity index (χ0) is 13.2. The van der Waals surface area contributed by atoms with Gasteiger partial charge in [0.1, 0.15) is 12.2 Å². The smallest absolute Gasteiger partial charge is 0.266 e. The zero-order valence-corrected chi connectivity index (χ0v) is 10.5. The predicted octanol–water partition coefficient (Wildman–Crippen LogP) is 0.407. The highest BCUT2D eigenvalue weighted by atomic mass is 16.5. The van der Waals surface area contributed by atoms with Crippen LogP contribution in [0.1, 0.15) is 5.82 Å². The summed E-state index contributed by atoms with van der Waals surface area (Å²) < 4.78 is 7.24. The van der Waals surface area contributed by atoms with E-state index in [0.29, 0.717) is 24.7 Å². The van der Waals surface area contributed by atoms with Gasteiger partial charge in [-0.1, -0.05) is 0 Å². The molecule has 1 aliphatic heterocycles. The number of carbonyl (C=O) groups is 1. The SMILES string of the molecule is Cc1nncn1CCN1C(=O)COc2cccnc21. The first-order valence-corrected chi connectivity index (χ1v) is 5.98. The number of hydrogen-bond donors (Lipinski definition) is 0. The van der Waals surface area contributed by atoms with Crippen LogP contribution in [0.5, 0.6) is 5.75 Å². The minimum atomic E-state index is -0.0862. The molecule has 1 aliphatic rings. The summed E-state index contributed by atoms with van der Waals surface area (Å²) in [6, 6.07) is 3.60. The lowest BCUT2D eigenvalue weighted by atomic mass is 10.3. The predicted molar refractivity (Wildman–Crippen MR) is 66.8 cm³/mol. The van der Waals surface area contributed by atoms with Gasteiger partial charge < -0.3 is 9.30 Å². The number of pyridine rings is 1. The Morgan fingerprint density at radius 3 is 3.11 bits per heavy atom. The molecule has 7 nitrogen and oxygen atoms in total. The third-order valence-electron chi connectivity index (χ3n) is 3.03. The van der Waals surface area contributed by atoms with Crippen molar-refractivity contribution in [2.75, 3.05) is 18.1 Å². The van der Waals surface area contributed by atoms with Crippen LogP contribution in [0.25, 0.3) is 0 Å². The number of ether oxygens (including phenoxy) is 1. The van der Waals surface area contributed by atoms with Crippen molar-refractivity contribution in [3.8, 4) is 5.75 Å². The van der Waals surface area contributed by atoms with Gasteiger partial charge in [-0.3, -0.25) is 9.69 Å². The summed E-state index contributed by atoms with van der Waals surface area (Å²) in [7, 11) is 0. The Kier molecular flexibility index (Phi) is 2.86. The second-order valence-electron chi connectivity index (χ2n) is 4.23. The minimum absolute atomic E-state index is 0.0554. The molecular formula is C12H13N5O2. The fraction of sp³-hybridized carbons (Fsp3) is 0.333. The van der Waals surface area contributed by atoms with Crippen LogP contribution in [0, 0.1) is 6.92 Å². The molecule has 0 bridgehead atoms. The normalized spacial score (nSPS) is 14.2. The second kappa shape index (κ2) is 4.68. The van der Waals surface area contributed by atoms with Crippen molar-refractivity contribution < 1.29 is 9.53 Å². The van der Waals surface area contributed by atoms with E-state index in [4.69, 9.17) is 4.74 Å². The van der Waals surface area contributed by atoms with E-state index in [1.165, 1.54) is 0 Å². The zero-order valence-electron chi connectivity index (χ0n) is 10.5. The maximum atomic E-state index is 11.9. The molecule has 0 aliphatic carbocycles. The Hall–Kier alpha value is -2.44. The topological polar surface area (TPSA) is 73.1 Å². The Balaban J connectivity index is 1.80. The molecule has 1 amide bonds. The van der Waals surface area contributed by atoms with E-state index in [9.17, 15) is 4.79 Å². The molecule has 3 rings (SSSR count).